The molecule has 0 saturated heterocycles. The smallest absolute Gasteiger partial charge is 0.263 e. The van der Waals surface area contributed by atoms with Gasteiger partial charge >= 0.3 is 0 Å². The number of hydrogen-bond donors (Lipinski definition) is 1. The quantitative estimate of drug-likeness (QED) is 0.792. The van der Waals surface area contributed by atoms with Crippen molar-refractivity contribution in [2.45, 2.75) is 26.7 Å². The lowest BCUT2D eigenvalue weighted by Gasteiger charge is -2.08. The van der Waals surface area contributed by atoms with E-state index in [2.05, 4.69) is 23.3 Å². The Balaban J connectivity index is 1.86. The minimum atomic E-state index is 0.0145. The van der Waals surface area contributed by atoms with Crippen LogP contribution >= 0.6 is 11.3 Å². The molecule has 3 heterocycles. The second kappa shape index (κ2) is 5.49. The molecule has 23 heavy (non-hydrogen) atoms. The zero-order chi connectivity index (χ0) is 16.0. The first kappa shape index (κ1) is 14.5. The van der Waals surface area contributed by atoms with E-state index in [0.717, 1.165) is 38.6 Å². The molecule has 1 aliphatic rings. The lowest BCUT2D eigenvalue weighted by molar-refractivity contribution is 0.0956. The number of hydrogen-bond acceptors (Lipinski definition) is 3. The van der Waals surface area contributed by atoms with E-state index in [0.29, 0.717) is 5.92 Å². The van der Waals surface area contributed by atoms with Gasteiger partial charge in [-0.05, 0) is 56.4 Å². The minimum Gasteiger partial charge on any atom is -0.351 e. The molecule has 1 aliphatic carbocycles. The highest BCUT2D eigenvalue weighted by molar-refractivity contribution is 7.21. The summed E-state index contributed by atoms with van der Waals surface area (Å²) in [6.07, 6.45) is 6.44. The summed E-state index contributed by atoms with van der Waals surface area (Å²) in [5.74, 6) is 0.686. The number of carbonyl (C=O) groups is 1. The third-order valence-electron chi connectivity index (χ3n) is 4.28. The van der Waals surface area contributed by atoms with Crippen LogP contribution in [0.15, 0.2) is 30.6 Å². The van der Waals surface area contributed by atoms with Crippen LogP contribution in [0.1, 0.15) is 33.8 Å². The van der Waals surface area contributed by atoms with E-state index < -0.39 is 0 Å². The normalized spacial score (nSPS) is 14.3. The predicted molar refractivity (Wildman–Crippen MR) is 93.5 cm³/mol. The Bertz CT molecular complexity index is 875. The molecule has 0 aromatic carbocycles. The fourth-order valence-electron chi connectivity index (χ4n) is 2.95. The van der Waals surface area contributed by atoms with Crippen LogP contribution in [-0.4, -0.2) is 22.0 Å². The summed E-state index contributed by atoms with van der Waals surface area (Å²) in [7, 11) is 0. The maximum atomic E-state index is 12.7. The van der Waals surface area contributed by atoms with Gasteiger partial charge in [-0.2, -0.15) is 0 Å². The lowest BCUT2D eigenvalue weighted by Crippen LogP contribution is -2.25. The van der Waals surface area contributed by atoms with Crippen LogP contribution in [0, 0.1) is 19.8 Å². The van der Waals surface area contributed by atoms with Gasteiger partial charge in [0.15, 0.2) is 0 Å². The van der Waals surface area contributed by atoms with E-state index in [1.807, 2.05) is 36.0 Å². The predicted octanol–water partition coefficient (Wildman–Crippen LogP) is 3.84. The molecule has 0 radical (unpaired) electrons. The van der Waals surface area contributed by atoms with Crippen molar-refractivity contribution in [3.8, 4) is 5.69 Å². The number of nitrogens with one attached hydrogen (secondary N) is 1. The van der Waals surface area contributed by atoms with E-state index in [9.17, 15) is 4.79 Å². The first-order chi connectivity index (χ1) is 11.1. The number of amides is 1. The Morgan fingerprint density at radius 2 is 2.09 bits per heavy atom. The average Bonchev–Trinajstić information content (AvgIpc) is 3.03. The first-order valence-electron chi connectivity index (χ1n) is 7.96. The molecule has 1 saturated carbocycles. The fraction of sp³-hybridized carbons (Fsp3) is 0.333. The van der Waals surface area contributed by atoms with Crippen molar-refractivity contribution in [2.24, 2.45) is 5.92 Å². The molecule has 4 nitrogen and oxygen atoms in total. The van der Waals surface area contributed by atoms with Crippen LogP contribution in [-0.2, 0) is 0 Å². The molecule has 0 spiro atoms. The van der Waals surface area contributed by atoms with Gasteiger partial charge in [0.2, 0.25) is 0 Å². The summed E-state index contributed by atoms with van der Waals surface area (Å²) in [4.78, 5) is 19.0. The van der Waals surface area contributed by atoms with E-state index in [-0.39, 0.29) is 5.91 Å². The molecule has 0 aliphatic heterocycles. The molecule has 1 N–H and O–H groups in total. The molecule has 0 bridgehead atoms. The highest BCUT2D eigenvalue weighted by Gasteiger charge is 2.25. The Hall–Kier alpha value is -2.14. The van der Waals surface area contributed by atoms with E-state index in [1.54, 1.807) is 0 Å². The Morgan fingerprint density at radius 3 is 2.78 bits per heavy atom. The summed E-state index contributed by atoms with van der Waals surface area (Å²) >= 11 is 1.49. The molecule has 4 rings (SSSR count). The molecule has 0 atom stereocenters. The topological polar surface area (TPSA) is 46.9 Å². The molecule has 1 fully saturated rings. The monoisotopic (exact) mass is 325 g/mol. The highest BCUT2D eigenvalue weighted by atomic mass is 32.1. The van der Waals surface area contributed by atoms with Gasteiger partial charge in [0, 0.05) is 30.0 Å². The maximum absolute atomic E-state index is 12.7. The van der Waals surface area contributed by atoms with Crippen molar-refractivity contribution in [2.75, 3.05) is 6.54 Å². The number of aryl methyl sites for hydroxylation is 2. The van der Waals surface area contributed by atoms with Crippen molar-refractivity contribution in [3.05, 3.63) is 46.7 Å². The van der Waals surface area contributed by atoms with Crippen molar-refractivity contribution in [3.63, 3.8) is 0 Å². The first-order valence-corrected chi connectivity index (χ1v) is 8.77. The Morgan fingerprint density at radius 1 is 1.35 bits per heavy atom. The zero-order valence-corrected chi connectivity index (χ0v) is 14.1. The molecule has 1 amide bonds. The summed E-state index contributed by atoms with van der Waals surface area (Å²) in [6, 6.07) is 6.03. The van der Waals surface area contributed by atoms with Crippen LogP contribution in [0.2, 0.25) is 0 Å². The third kappa shape index (κ3) is 2.65. The van der Waals surface area contributed by atoms with Crippen molar-refractivity contribution in [1.82, 2.24) is 14.9 Å². The minimum absolute atomic E-state index is 0.0145. The van der Waals surface area contributed by atoms with Crippen molar-refractivity contribution in [1.29, 1.82) is 0 Å². The number of fused-ring (bicyclic) bond motifs is 1. The van der Waals surface area contributed by atoms with Gasteiger partial charge in [0.25, 0.3) is 5.91 Å². The number of pyridine rings is 1. The van der Waals surface area contributed by atoms with Gasteiger partial charge in [0.1, 0.15) is 9.71 Å². The van der Waals surface area contributed by atoms with Crippen LogP contribution < -0.4 is 5.32 Å². The SMILES string of the molecule is Cc1cc(C)c2c(-n3cccc3)c(C(=O)NCC3CC3)sc2n1. The third-order valence-corrected chi connectivity index (χ3v) is 5.35. The molecule has 3 aromatic rings. The zero-order valence-electron chi connectivity index (χ0n) is 13.3. The standard InChI is InChI=1S/C18H19N3OS/c1-11-9-12(2)20-18-14(11)15(21-7-3-4-8-21)16(23-18)17(22)19-10-13-5-6-13/h3-4,7-9,13H,5-6,10H2,1-2H3,(H,19,22). The van der Waals surface area contributed by atoms with Crippen LogP contribution in [0.25, 0.3) is 15.9 Å². The van der Waals surface area contributed by atoms with Crippen LogP contribution in [0.4, 0.5) is 0 Å². The highest BCUT2D eigenvalue weighted by Crippen LogP contribution is 2.36. The molecule has 0 unspecified atom stereocenters. The average molecular weight is 325 g/mol. The summed E-state index contributed by atoms with van der Waals surface area (Å²) in [5.41, 5.74) is 3.10. The van der Waals surface area contributed by atoms with Gasteiger partial charge < -0.3 is 9.88 Å². The van der Waals surface area contributed by atoms with Crippen molar-refractivity contribution < 1.29 is 4.79 Å². The maximum Gasteiger partial charge on any atom is 0.263 e. The number of thiophene rings is 1. The van der Waals surface area contributed by atoms with Gasteiger partial charge in [-0.15, -0.1) is 11.3 Å². The van der Waals surface area contributed by atoms with E-state index in [1.165, 1.54) is 24.2 Å². The Kier molecular flexibility index (Phi) is 3.45. The summed E-state index contributed by atoms with van der Waals surface area (Å²) in [6.45, 7) is 4.86. The molecule has 5 heteroatoms. The van der Waals surface area contributed by atoms with Crippen LogP contribution in [0.5, 0.6) is 0 Å². The largest absolute Gasteiger partial charge is 0.351 e. The number of aromatic nitrogens is 2. The van der Waals surface area contributed by atoms with Gasteiger partial charge in [-0.3, -0.25) is 4.79 Å². The summed E-state index contributed by atoms with van der Waals surface area (Å²) in [5, 5.41) is 4.17. The Labute approximate surface area is 139 Å². The second-order valence-corrected chi connectivity index (χ2v) is 7.28. The second-order valence-electron chi connectivity index (χ2n) is 6.28. The molecule has 3 aromatic heterocycles. The molecular weight excluding hydrogens is 306 g/mol. The number of carbonyl (C=O) groups excluding carboxylic acids is 1. The van der Waals surface area contributed by atoms with E-state index in [4.69, 9.17) is 0 Å². The van der Waals surface area contributed by atoms with Gasteiger partial charge in [-0.25, -0.2) is 4.98 Å². The summed E-state index contributed by atoms with van der Waals surface area (Å²) < 4.78 is 2.02. The number of rotatable bonds is 4. The van der Waals surface area contributed by atoms with Gasteiger partial charge in [0.05, 0.1) is 5.69 Å². The number of nitrogens with zero attached hydrogens (tertiary/aromatic N) is 2. The van der Waals surface area contributed by atoms with Crippen LogP contribution in [0.3, 0.4) is 0 Å². The molecular formula is C18H19N3OS. The van der Waals surface area contributed by atoms with Crippen molar-refractivity contribution >= 4 is 27.5 Å². The van der Waals surface area contributed by atoms with Gasteiger partial charge in [-0.1, -0.05) is 0 Å². The molecule has 118 valence electrons. The van der Waals surface area contributed by atoms with E-state index >= 15 is 0 Å². The fourth-order valence-corrected chi connectivity index (χ4v) is 4.16. The lowest BCUT2D eigenvalue weighted by atomic mass is 10.1.